The topological polar surface area (TPSA) is 109 Å². The predicted molar refractivity (Wildman–Crippen MR) is 113 cm³/mol. The number of nitrogens with zero attached hydrogens (tertiary/aromatic N) is 4. The maximum atomic E-state index is 13.1. The van der Waals surface area contributed by atoms with Crippen molar-refractivity contribution in [2.75, 3.05) is 39.3 Å². The van der Waals surface area contributed by atoms with Crippen LogP contribution in [0.25, 0.3) is 11.4 Å². The molecule has 164 valence electrons. The molecule has 1 N–H and O–H groups in total. The molecule has 0 saturated carbocycles. The van der Waals surface area contributed by atoms with Gasteiger partial charge in [-0.15, -0.1) is 11.3 Å². The standard InChI is InChI=1S/C19H27N5O4S2/c1-14-21-18(22-28-14)16-11-17(29-13-16)30(26,27)24-9-4-5-15(12-24)19(25)20-6-10-23-7-2-3-8-23/h11,13,15H,2-10,12H2,1H3,(H,20,25)/t15-/m0/s1. The van der Waals surface area contributed by atoms with Gasteiger partial charge >= 0.3 is 0 Å². The molecule has 2 aliphatic heterocycles. The van der Waals surface area contributed by atoms with E-state index in [0.717, 1.165) is 31.0 Å². The van der Waals surface area contributed by atoms with Gasteiger partial charge in [-0.3, -0.25) is 4.79 Å². The number of hydrogen-bond donors (Lipinski definition) is 1. The number of nitrogens with one attached hydrogen (secondary N) is 1. The third-order valence-electron chi connectivity index (χ3n) is 5.64. The number of piperidine rings is 1. The van der Waals surface area contributed by atoms with E-state index in [4.69, 9.17) is 4.52 Å². The molecule has 0 radical (unpaired) electrons. The van der Waals surface area contributed by atoms with E-state index in [1.165, 1.54) is 17.1 Å². The minimum absolute atomic E-state index is 0.0526. The third-order valence-corrected chi connectivity index (χ3v) is 8.92. The van der Waals surface area contributed by atoms with Gasteiger partial charge in [0.05, 0.1) is 5.92 Å². The van der Waals surface area contributed by atoms with Gasteiger partial charge in [-0.2, -0.15) is 9.29 Å². The molecule has 0 bridgehead atoms. The molecule has 2 aliphatic rings. The van der Waals surface area contributed by atoms with Crippen molar-refractivity contribution in [1.29, 1.82) is 0 Å². The van der Waals surface area contributed by atoms with Crippen LogP contribution in [0.5, 0.6) is 0 Å². The summed E-state index contributed by atoms with van der Waals surface area (Å²) in [6.07, 6.45) is 3.82. The Bertz CT molecular complexity index is 981. The van der Waals surface area contributed by atoms with Gasteiger partial charge in [0.15, 0.2) is 0 Å². The summed E-state index contributed by atoms with van der Waals surface area (Å²) in [6.45, 7) is 5.98. The van der Waals surface area contributed by atoms with Crippen molar-refractivity contribution in [3.05, 3.63) is 17.3 Å². The predicted octanol–water partition coefficient (Wildman–Crippen LogP) is 1.72. The molecule has 0 unspecified atom stereocenters. The van der Waals surface area contributed by atoms with E-state index in [1.54, 1.807) is 18.4 Å². The molecule has 2 fully saturated rings. The van der Waals surface area contributed by atoms with Crippen LogP contribution in [0.2, 0.25) is 0 Å². The highest BCUT2D eigenvalue weighted by molar-refractivity contribution is 7.91. The largest absolute Gasteiger partial charge is 0.355 e. The third kappa shape index (κ3) is 4.74. The van der Waals surface area contributed by atoms with Crippen LogP contribution >= 0.6 is 11.3 Å². The van der Waals surface area contributed by atoms with Gasteiger partial charge in [0.1, 0.15) is 4.21 Å². The first-order valence-corrected chi connectivity index (χ1v) is 12.6. The second-order valence-electron chi connectivity index (χ2n) is 7.83. The fraction of sp³-hybridized carbons (Fsp3) is 0.632. The maximum absolute atomic E-state index is 13.1. The lowest BCUT2D eigenvalue weighted by atomic mass is 9.99. The van der Waals surface area contributed by atoms with Crippen molar-refractivity contribution < 1.29 is 17.7 Å². The van der Waals surface area contributed by atoms with Crippen molar-refractivity contribution >= 4 is 27.3 Å². The van der Waals surface area contributed by atoms with Crippen molar-refractivity contribution in [3.63, 3.8) is 0 Å². The summed E-state index contributed by atoms with van der Waals surface area (Å²) < 4.78 is 32.9. The monoisotopic (exact) mass is 453 g/mol. The van der Waals surface area contributed by atoms with Gasteiger partial charge in [-0.25, -0.2) is 8.42 Å². The molecule has 9 nitrogen and oxygen atoms in total. The van der Waals surface area contributed by atoms with Crippen LogP contribution in [0.3, 0.4) is 0 Å². The van der Waals surface area contributed by atoms with Gasteiger partial charge in [-0.1, -0.05) is 5.16 Å². The van der Waals surface area contributed by atoms with Crippen LogP contribution in [0.4, 0.5) is 0 Å². The molecule has 0 spiro atoms. The molecule has 1 amide bonds. The lowest BCUT2D eigenvalue weighted by Gasteiger charge is -2.31. The van der Waals surface area contributed by atoms with E-state index in [-0.39, 0.29) is 22.6 Å². The number of sulfonamides is 1. The molecular weight excluding hydrogens is 426 g/mol. The number of hydrogen-bond acceptors (Lipinski definition) is 8. The Balaban J connectivity index is 1.37. The second-order valence-corrected chi connectivity index (χ2v) is 10.9. The molecule has 4 heterocycles. The first kappa shape index (κ1) is 21.4. The summed E-state index contributed by atoms with van der Waals surface area (Å²) in [6, 6.07) is 1.57. The van der Waals surface area contributed by atoms with E-state index < -0.39 is 10.0 Å². The minimum atomic E-state index is -3.66. The molecule has 0 aliphatic carbocycles. The second kappa shape index (κ2) is 9.13. The van der Waals surface area contributed by atoms with Crippen LogP contribution in [-0.4, -0.2) is 72.9 Å². The Morgan fingerprint density at radius 1 is 1.30 bits per heavy atom. The fourth-order valence-corrected chi connectivity index (χ4v) is 6.81. The Kier molecular flexibility index (Phi) is 6.51. The zero-order valence-corrected chi connectivity index (χ0v) is 18.7. The molecule has 2 aromatic rings. The molecule has 2 aromatic heterocycles. The van der Waals surface area contributed by atoms with Crippen LogP contribution in [0.15, 0.2) is 20.2 Å². The Hall–Kier alpha value is -1.82. The summed E-state index contributed by atoms with van der Waals surface area (Å²) in [4.78, 5) is 19.1. The van der Waals surface area contributed by atoms with E-state index in [2.05, 4.69) is 20.4 Å². The zero-order chi connectivity index (χ0) is 21.1. The highest BCUT2D eigenvalue weighted by atomic mass is 32.2. The number of rotatable bonds is 7. The van der Waals surface area contributed by atoms with Crippen LogP contribution < -0.4 is 5.32 Å². The summed E-state index contributed by atoms with van der Waals surface area (Å²) in [5.41, 5.74) is 0.614. The summed E-state index contributed by atoms with van der Waals surface area (Å²) in [5.74, 6) is 0.434. The van der Waals surface area contributed by atoms with E-state index in [9.17, 15) is 13.2 Å². The smallest absolute Gasteiger partial charge is 0.252 e. The van der Waals surface area contributed by atoms with Gasteiger partial charge < -0.3 is 14.7 Å². The lowest BCUT2D eigenvalue weighted by Crippen LogP contribution is -2.46. The molecule has 1 atom stereocenters. The lowest BCUT2D eigenvalue weighted by molar-refractivity contribution is -0.126. The van der Waals surface area contributed by atoms with Crippen LogP contribution in [0.1, 0.15) is 31.6 Å². The Morgan fingerprint density at radius 2 is 2.10 bits per heavy atom. The van der Waals surface area contributed by atoms with Crippen LogP contribution in [-0.2, 0) is 14.8 Å². The van der Waals surface area contributed by atoms with Crippen molar-refractivity contribution in [2.24, 2.45) is 5.92 Å². The normalized spacial score (nSPS) is 21.2. The number of aromatic nitrogens is 2. The SMILES string of the molecule is Cc1nc(-c2csc(S(=O)(=O)N3CCC[C@H](C(=O)NCCN4CCCC4)C3)c2)no1. The van der Waals surface area contributed by atoms with E-state index >= 15 is 0 Å². The number of thiophene rings is 1. The summed E-state index contributed by atoms with van der Waals surface area (Å²) >= 11 is 1.13. The summed E-state index contributed by atoms with van der Waals surface area (Å²) in [5, 5.41) is 8.55. The first-order valence-electron chi connectivity index (χ1n) is 10.3. The fourth-order valence-electron chi connectivity index (χ4n) is 3.98. The number of likely N-dealkylation sites (tertiary alicyclic amines) is 1. The number of carbonyl (C=O) groups is 1. The molecule has 11 heteroatoms. The van der Waals surface area contributed by atoms with Crippen molar-refractivity contribution in [1.82, 2.24) is 24.7 Å². The molecule has 0 aromatic carbocycles. The van der Waals surface area contributed by atoms with Crippen molar-refractivity contribution in [3.8, 4) is 11.4 Å². The molecule has 30 heavy (non-hydrogen) atoms. The molecular formula is C19H27N5O4S2. The molecule has 2 saturated heterocycles. The maximum Gasteiger partial charge on any atom is 0.252 e. The number of carbonyl (C=O) groups excluding carboxylic acids is 1. The Morgan fingerprint density at radius 3 is 2.83 bits per heavy atom. The highest BCUT2D eigenvalue weighted by Crippen LogP contribution is 2.31. The average molecular weight is 454 g/mol. The Labute approximate surface area is 180 Å². The zero-order valence-electron chi connectivity index (χ0n) is 17.0. The van der Waals surface area contributed by atoms with Crippen LogP contribution in [0, 0.1) is 12.8 Å². The highest BCUT2D eigenvalue weighted by Gasteiger charge is 2.34. The van der Waals surface area contributed by atoms with Gasteiger partial charge in [0.2, 0.25) is 17.6 Å². The number of amides is 1. The first-order chi connectivity index (χ1) is 14.4. The molecule has 4 rings (SSSR count). The number of aryl methyl sites for hydroxylation is 1. The van der Waals surface area contributed by atoms with Crippen molar-refractivity contribution in [2.45, 2.75) is 36.8 Å². The van der Waals surface area contributed by atoms with Gasteiger partial charge in [-0.05, 0) is 44.8 Å². The van der Waals surface area contributed by atoms with Gasteiger partial charge in [0.25, 0.3) is 10.0 Å². The van der Waals surface area contributed by atoms with E-state index in [0.29, 0.717) is 43.2 Å². The van der Waals surface area contributed by atoms with E-state index in [1.807, 2.05) is 0 Å². The average Bonchev–Trinajstić information content (AvgIpc) is 3.49. The minimum Gasteiger partial charge on any atom is -0.355 e. The summed E-state index contributed by atoms with van der Waals surface area (Å²) in [7, 11) is -3.66. The van der Waals surface area contributed by atoms with Gasteiger partial charge in [0, 0.05) is 44.0 Å². The quantitative estimate of drug-likeness (QED) is 0.680.